The lowest BCUT2D eigenvalue weighted by atomic mass is 10.0. The average Bonchev–Trinajstić information content (AvgIpc) is 2.41. The van der Waals surface area contributed by atoms with Gasteiger partial charge in [-0.15, -0.1) is 0 Å². The topological polar surface area (TPSA) is 34.1 Å². The maximum absolute atomic E-state index is 12.0. The van der Waals surface area contributed by atoms with Crippen molar-refractivity contribution in [2.75, 3.05) is 0 Å². The summed E-state index contributed by atoms with van der Waals surface area (Å²) in [6.45, 7) is 0. The number of hydrogen-bond donors (Lipinski definition) is 0. The second-order valence-corrected chi connectivity index (χ2v) is 4.41. The van der Waals surface area contributed by atoms with Crippen molar-refractivity contribution < 1.29 is 9.59 Å². The molecule has 90 valence electrons. The number of Topliss-reactive ketones (excluding diaryl/α,β-unsaturated/α-hetero) is 2. The summed E-state index contributed by atoms with van der Waals surface area (Å²) in [6.07, 6.45) is 0. The largest absolute Gasteiger partial charge is 0.285 e. The Morgan fingerprint density at radius 1 is 0.778 bits per heavy atom. The van der Waals surface area contributed by atoms with E-state index in [0.29, 0.717) is 5.56 Å². The fourth-order valence-electron chi connectivity index (χ4n) is 1.52. The number of carbonyl (C=O) groups excluding carboxylic acids is 2. The Labute approximate surface area is 114 Å². The molecule has 0 atom stereocenters. The first-order valence-electron chi connectivity index (χ1n) is 5.19. The normalized spacial score (nSPS) is 10.1. The SMILES string of the molecule is O=C(C(=O)c1cccc(Cl)c1Cl)c1ccccc1. The zero-order valence-corrected chi connectivity index (χ0v) is 10.7. The van der Waals surface area contributed by atoms with E-state index in [1.807, 2.05) is 0 Å². The summed E-state index contributed by atoms with van der Waals surface area (Å²) in [6, 6.07) is 13.0. The molecule has 0 bridgehead atoms. The van der Waals surface area contributed by atoms with Gasteiger partial charge in [0.2, 0.25) is 11.6 Å². The molecule has 0 aliphatic heterocycles. The highest BCUT2D eigenvalue weighted by molar-refractivity contribution is 6.53. The molecule has 2 nitrogen and oxygen atoms in total. The van der Waals surface area contributed by atoms with Crippen molar-refractivity contribution in [2.45, 2.75) is 0 Å². The van der Waals surface area contributed by atoms with Crippen molar-refractivity contribution in [3.63, 3.8) is 0 Å². The first kappa shape index (κ1) is 12.8. The van der Waals surface area contributed by atoms with E-state index in [1.165, 1.54) is 6.07 Å². The van der Waals surface area contributed by atoms with Crippen LogP contribution < -0.4 is 0 Å². The van der Waals surface area contributed by atoms with Crippen molar-refractivity contribution in [1.29, 1.82) is 0 Å². The first-order chi connectivity index (χ1) is 8.61. The van der Waals surface area contributed by atoms with E-state index >= 15 is 0 Å². The molecule has 4 heteroatoms. The van der Waals surface area contributed by atoms with Gasteiger partial charge in [0.25, 0.3) is 0 Å². The van der Waals surface area contributed by atoms with E-state index in [0.717, 1.165) is 0 Å². The van der Waals surface area contributed by atoms with Crippen LogP contribution >= 0.6 is 23.2 Å². The molecule has 0 heterocycles. The van der Waals surface area contributed by atoms with Crippen molar-refractivity contribution in [3.05, 3.63) is 69.7 Å². The molecule has 0 aromatic heterocycles. The number of ketones is 2. The van der Waals surface area contributed by atoms with Crippen LogP contribution in [0.5, 0.6) is 0 Å². The summed E-state index contributed by atoms with van der Waals surface area (Å²) < 4.78 is 0. The predicted molar refractivity (Wildman–Crippen MR) is 71.6 cm³/mol. The van der Waals surface area contributed by atoms with Gasteiger partial charge in [0.15, 0.2) is 0 Å². The lowest BCUT2D eigenvalue weighted by Crippen LogP contribution is -2.14. The second kappa shape index (κ2) is 5.34. The van der Waals surface area contributed by atoms with Gasteiger partial charge in [-0.25, -0.2) is 0 Å². The number of halogens is 2. The fraction of sp³-hybridized carbons (Fsp3) is 0. The van der Waals surface area contributed by atoms with Gasteiger partial charge in [-0.2, -0.15) is 0 Å². The van der Waals surface area contributed by atoms with Crippen molar-refractivity contribution in [3.8, 4) is 0 Å². The molecule has 2 rings (SSSR count). The quantitative estimate of drug-likeness (QED) is 0.627. The minimum atomic E-state index is -0.659. The summed E-state index contributed by atoms with van der Waals surface area (Å²) in [5, 5.41) is 0.358. The summed E-state index contributed by atoms with van der Waals surface area (Å²) in [7, 11) is 0. The Kier molecular flexibility index (Phi) is 3.80. The monoisotopic (exact) mass is 278 g/mol. The highest BCUT2D eigenvalue weighted by Crippen LogP contribution is 2.26. The number of hydrogen-bond acceptors (Lipinski definition) is 2. The first-order valence-corrected chi connectivity index (χ1v) is 5.95. The Bertz CT molecular complexity index is 606. The minimum Gasteiger partial charge on any atom is -0.285 e. The smallest absolute Gasteiger partial charge is 0.235 e. The van der Waals surface area contributed by atoms with E-state index < -0.39 is 11.6 Å². The van der Waals surface area contributed by atoms with Gasteiger partial charge in [0.1, 0.15) is 0 Å². The molecule has 0 fully saturated rings. The Hall–Kier alpha value is -1.64. The van der Waals surface area contributed by atoms with Crippen molar-refractivity contribution >= 4 is 34.8 Å². The Balaban J connectivity index is 2.38. The third-order valence-electron chi connectivity index (χ3n) is 2.44. The Morgan fingerprint density at radius 2 is 1.44 bits per heavy atom. The van der Waals surface area contributed by atoms with E-state index in [-0.39, 0.29) is 15.6 Å². The summed E-state index contributed by atoms with van der Waals surface area (Å²) in [4.78, 5) is 24.0. The van der Waals surface area contributed by atoms with Gasteiger partial charge in [-0.05, 0) is 12.1 Å². The standard InChI is InChI=1S/C14H8Cl2O2/c15-11-8-4-7-10(12(11)16)14(18)13(17)9-5-2-1-3-6-9/h1-8H. The van der Waals surface area contributed by atoms with E-state index in [1.54, 1.807) is 42.5 Å². The molecule has 0 spiro atoms. The third-order valence-corrected chi connectivity index (χ3v) is 3.26. The summed E-state index contributed by atoms with van der Waals surface area (Å²) in [5.41, 5.74) is 0.455. The Morgan fingerprint density at radius 3 is 2.11 bits per heavy atom. The van der Waals surface area contributed by atoms with Crippen molar-refractivity contribution in [2.24, 2.45) is 0 Å². The zero-order valence-electron chi connectivity index (χ0n) is 9.19. The van der Waals surface area contributed by atoms with Gasteiger partial charge >= 0.3 is 0 Å². The van der Waals surface area contributed by atoms with E-state index in [4.69, 9.17) is 23.2 Å². The second-order valence-electron chi connectivity index (χ2n) is 3.63. The maximum Gasteiger partial charge on any atom is 0.235 e. The summed E-state index contributed by atoms with van der Waals surface area (Å²) >= 11 is 11.7. The lowest BCUT2D eigenvalue weighted by molar-refractivity contribution is 0.0817. The van der Waals surface area contributed by atoms with Crippen LogP contribution in [0.4, 0.5) is 0 Å². The molecule has 0 unspecified atom stereocenters. The molecule has 2 aromatic carbocycles. The molecule has 0 saturated heterocycles. The highest BCUT2D eigenvalue weighted by atomic mass is 35.5. The number of rotatable bonds is 3. The maximum atomic E-state index is 12.0. The summed E-state index contributed by atoms with van der Waals surface area (Å²) in [5.74, 6) is -1.26. The van der Waals surface area contributed by atoms with Crippen LogP contribution in [0.3, 0.4) is 0 Å². The molecule has 2 aromatic rings. The van der Waals surface area contributed by atoms with E-state index in [2.05, 4.69) is 0 Å². The third kappa shape index (κ3) is 2.45. The molecule has 0 saturated carbocycles. The predicted octanol–water partition coefficient (Wildman–Crippen LogP) is 4.06. The zero-order chi connectivity index (χ0) is 13.1. The molecular weight excluding hydrogens is 271 g/mol. The van der Waals surface area contributed by atoms with Gasteiger partial charge in [0, 0.05) is 11.1 Å². The minimum absolute atomic E-state index is 0.105. The molecule has 0 amide bonds. The van der Waals surface area contributed by atoms with Gasteiger partial charge < -0.3 is 0 Å². The molecule has 0 radical (unpaired) electrons. The van der Waals surface area contributed by atoms with E-state index in [9.17, 15) is 9.59 Å². The number of carbonyl (C=O) groups is 2. The van der Waals surface area contributed by atoms with Gasteiger partial charge in [-0.3, -0.25) is 9.59 Å². The molecule has 0 N–H and O–H groups in total. The van der Waals surface area contributed by atoms with Gasteiger partial charge in [-0.1, -0.05) is 59.6 Å². The molecule has 0 aliphatic carbocycles. The molecule has 18 heavy (non-hydrogen) atoms. The van der Waals surface area contributed by atoms with Gasteiger partial charge in [0.05, 0.1) is 10.0 Å². The van der Waals surface area contributed by atoms with Crippen LogP contribution in [-0.2, 0) is 0 Å². The molecular formula is C14H8Cl2O2. The van der Waals surface area contributed by atoms with Crippen LogP contribution in [0.25, 0.3) is 0 Å². The highest BCUT2D eigenvalue weighted by Gasteiger charge is 2.21. The lowest BCUT2D eigenvalue weighted by Gasteiger charge is -2.04. The van der Waals surface area contributed by atoms with Crippen LogP contribution in [0, 0.1) is 0 Å². The van der Waals surface area contributed by atoms with Crippen LogP contribution in [0.1, 0.15) is 20.7 Å². The van der Waals surface area contributed by atoms with Crippen LogP contribution in [0.2, 0.25) is 10.0 Å². The average molecular weight is 279 g/mol. The van der Waals surface area contributed by atoms with Crippen LogP contribution in [0.15, 0.2) is 48.5 Å². The fourth-order valence-corrected chi connectivity index (χ4v) is 1.91. The number of benzene rings is 2. The molecule has 0 aliphatic rings. The van der Waals surface area contributed by atoms with Crippen molar-refractivity contribution in [1.82, 2.24) is 0 Å². The van der Waals surface area contributed by atoms with Crippen LogP contribution in [-0.4, -0.2) is 11.6 Å².